The van der Waals surface area contributed by atoms with Crippen molar-refractivity contribution in [3.63, 3.8) is 0 Å². The molecule has 1 heterocycles. The predicted molar refractivity (Wildman–Crippen MR) is 128 cm³/mol. The van der Waals surface area contributed by atoms with Gasteiger partial charge in [-0.15, -0.1) is 0 Å². The molecule has 1 amide bonds. The van der Waals surface area contributed by atoms with Gasteiger partial charge in [0.05, 0.1) is 17.7 Å². The van der Waals surface area contributed by atoms with E-state index < -0.39 is 17.0 Å². The number of halogens is 1. The minimum absolute atomic E-state index is 0.0259. The van der Waals surface area contributed by atoms with Crippen LogP contribution < -0.4 is 4.74 Å². The fraction of sp³-hybridized carbons (Fsp3) is 0.400. The van der Waals surface area contributed by atoms with Crippen LogP contribution >= 0.6 is 15.9 Å². The first-order chi connectivity index (χ1) is 15.0. The van der Waals surface area contributed by atoms with E-state index in [1.807, 2.05) is 50.2 Å². The Balaban J connectivity index is 1.57. The van der Waals surface area contributed by atoms with E-state index in [0.717, 1.165) is 40.6 Å². The second-order valence-electron chi connectivity index (χ2n) is 9.08. The minimum Gasteiger partial charge on any atom is -0.478 e. The van der Waals surface area contributed by atoms with Crippen molar-refractivity contribution in [2.75, 3.05) is 0 Å². The smallest absolute Gasteiger partial charge is 0.347 e. The number of carboxylic acids is 1. The average Bonchev–Trinajstić information content (AvgIpc) is 2.94. The summed E-state index contributed by atoms with van der Waals surface area (Å²) in [4.78, 5) is 24.1. The first-order valence-corrected chi connectivity index (χ1v) is 11.4. The van der Waals surface area contributed by atoms with Crippen LogP contribution in [0.1, 0.15) is 51.7 Å². The van der Waals surface area contributed by atoms with Gasteiger partial charge in [-0.25, -0.2) is 9.80 Å². The number of hydrogen-bond acceptors (Lipinski definition) is 4. The highest BCUT2D eigenvalue weighted by atomic mass is 79.9. The second-order valence-corrected chi connectivity index (χ2v) is 9.99. The highest BCUT2D eigenvalue weighted by Crippen LogP contribution is 2.32. The van der Waals surface area contributed by atoms with Gasteiger partial charge < -0.3 is 9.84 Å². The maximum absolute atomic E-state index is 12.9. The maximum Gasteiger partial charge on any atom is 0.347 e. The fourth-order valence-corrected chi connectivity index (χ4v) is 3.78. The molecule has 1 N–H and O–H groups in total. The number of carbonyl (C=O) groups is 2. The number of ether oxygens (including phenoxy) is 1. The van der Waals surface area contributed by atoms with Gasteiger partial charge >= 0.3 is 5.97 Å². The fourth-order valence-electron chi connectivity index (χ4n) is 3.52. The van der Waals surface area contributed by atoms with Gasteiger partial charge in [0.15, 0.2) is 5.60 Å². The standard InChI is InChI=1S/C25H29BrN2O4/c1-24(2)21(27-28(22(24)29)16-18-8-12-19(26)13-9-18)7-5-6-17-10-14-20(15-11-17)32-25(3,4)23(30)31/h8-15H,5-7,16H2,1-4H3,(H,30,31). The molecule has 0 radical (unpaired) electrons. The molecule has 0 saturated carbocycles. The summed E-state index contributed by atoms with van der Waals surface area (Å²) in [6.45, 7) is 7.38. The number of aliphatic carboxylic acids is 1. The largest absolute Gasteiger partial charge is 0.478 e. The van der Waals surface area contributed by atoms with E-state index in [4.69, 9.17) is 4.74 Å². The van der Waals surface area contributed by atoms with E-state index in [2.05, 4.69) is 21.0 Å². The van der Waals surface area contributed by atoms with Crippen LogP contribution in [-0.2, 0) is 22.6 Å². The molecule has 6 nitrogen and oxygen atoms in total. The lowest BCUT2D eigenvalue weighted by Crippen LogP contribution is -2.37. The second kappa shape index (κ2) is 9.45. The molecule has 0 fully saturated rings. The van der Waals surface area contributed by atoms with E-state index >= 15 is 0 Å². The monoisotopic (exact) mass is 500 g/mol. The van der Waals surface area contributed by atoms with Crippen molar-refractivity contribution in [1.29, 1.82) is 0 Å². The molecule has 32 heavy (non-hydrogen) atoms. The number of nitrogens with zero attached hydrogens (tertiary/aromatic N) is 2. The third kappa shape index (κ3) is 5.57. The van der Waals surface area contributed by atoms with Crippen LogP contribution in [0.4, 0.5) is 0 Å². The SMILES string of the molecule is CC(C)(Oc1ccc(CCCC2=NN(Cc3ccc(Br)cc3)C(=O)C2(C)C)cc1)C(=O)O. The Morgan fingerprint density at radius 1 is 1.06 bits per heavy atom. The van der Waals surface area contributed by atoms with Gasteiger partial charge in [-0.1, -0.05) is 40.2 Å². The van der Waals surface area contributed by atoms with E-state index in [1.165, 1.54) is 13.8 Å². The molecule has 7 heteroatoms. The predicted octanol–water partition coefficient (Wildman–Crippen LogP) is 5.44. The zero-order chi connectivity index (χ0) is 23.5. The van der Waals surface area contributed by atoms with Crippen molar-refractivity contribution in [3.05, 3.63) is 64.1 Å². The summed E-state index contributed by atoms with van der Waals surface area (Å²) < 4.78 is 6.55. The highest BCUT2D eigenvalue weighted by molar-refractivity contribution is 9.10. The number of hydrogen-bond donors (Lipinski definition) is 1. The lowest BCUT2D eigenvalue weighted by molar-refractivity contribution is -0.152. The van der Waals surface area contributed by atoms with Crippen LogP contribution in [-0.4, -0.2) is 33.3 Å². The van der Waals surface area contributed by atoms with Gasteiger partial charge in [0, 0.05) is 4.47 Å². The van der Waals surface area contributed by atoms with Crippen molar-refractivity contribution in [2.24, 2.45) is 10.5 Å². The number of benzene rings is 2. The van der Waals surface area contributed by atoms with Crippen molar-refractivity contribution in [1.82, 2.24) is 5.01 Å². The van der Waals surface area contributed by atoms with Gasteiger partial charge in [0.2, 0.25) is 0 Å². The van der Waals surface area contributed by atoms with E-state index in [9.17, 15) is 14.7 Å². The summed E-state index contributed by atoms with van der Waals surface area (Å²) in [6, 6.07) is 15.4. The molecule has 2 aromatic rings. The first-order valence-electron chi connectivity index (χ1n) is 10.6. The minimum atomic E-state index is -1.28. The van der Waals surface area contributed by atoms with Gasteiger partial charge in [0.25, 0.3) is 5.91 Å². The van der Waals surface area contributed by atoms with Crippen LogP contribution in [0.2, 0.25) is 0 Å². The Hall–Kier alpha value is -2.67. The summed E-state index contributed by atoms with van der Waals surface area (Å²) in [5.41, 5.74) is 1.19. The van der Waals surface area contributed by atoms with Gasteiger partial charge in [-0.3, -0.25) is 4.79 Å². The molecule has 1 aliphatic heterocycles. The molecule has 1 aliphatic rings. The molecule has 0 bridgehead atoms. The van der Waals surface area contributed by atoms with E-state index in [0.29, 0.717) is 12.3 Å². The van der Waals surface area contributed by atoms with Crippen molar-refractivity contribution in [3.8, 4) is 5.75 Å². The third-order valence-corrected chi connectivity index (χ3v) is 6.20. The lowest BCUT2D eigenvalue weighted by atomic mass is 9.84. The normalized spacial score (nSPS) is 15.6. The van der Waals surface area contributed by atoms with E-state index in [-0.39, 0.29) is 5.91 Å². The molecule has 0 aliphatic carbocycles. The van der Waals surface area contributed by atoms with Crippen LogP contribution in [0.25, 0.3) is 0 Å². The zero-order valence-corrected chi connectivity index (χ0v) is 20.5. The molecular weight excluding hydrogens is 472 g/mol. The molecule has 0 atom stereocenters. The Bertz CT molecular complexity index is 1010. The third-order valence-electron chi connectivity index (χ3n) is 5.67. The van der Waals surface area contributed by atoms with Crippen molar-refractivity contribution in [2.45, 2.75) is 59.1 Å². The zero-order valence-electron chi connectivity index (χ0n) is 18.9. The molecule has 0 unspecified atom stereocenters. The van der Waals surface area contributed by atoms with Crippen molar-refractivity contribution < 1.29 is 19.4 Å². The molecule has 170 valence electrons. The van der Waals surface area contributed by atoms with Gasteiger partial charge in [0.1, 0.15) is 5.75 Å². The number of carboxylic acid groups (broad SMARTS) is 1. The Morgan fingerprint density at radius 2 is 1.66 bits per heavy atom. The Kier molecular flexibility index (Phi) is 7.08. The van der Waals surface area contributed by atoms with Crippen LogP contribution in [0, 0.1) is 5.41 Å². The number of aryl methyl sites for hydroxylation is 1. The van der Waals surface area contributed by atoms with Gasteiger partial charge in [-0.05, 0) is 82.3 Å². The summed E-state index contributed by atoms with van der Waals surface area (Å²) >= 11 is 3.43. The molecule has 3 rings (SSSR count). The van der Waals surface area contributed by atoms with Crippen LogP contribution in [0.15, 0.2) is 58.1 Å². The number of hydrazone groups is 1. The summed E-state index contributed by atoms with van der Waals surface area (Å²) in [7, 11) is 0. The van der Waals surface area contributed by atoms with Gasteiger partial charge in [-0.2, -0.15) is 5.10 Å². The quantitative estimate of drug-likeness (QED) is 0.497. The maximum atomic E-state index is 12.9. The molecule has 0 spiro atoms. The number of carbonyl (C=O) groups excluding carboxylic acids is 1. The summed E-state index contributed by atoms with van der Waals surface area (Å²) in [6.07, 6.45) is 2.43. The molecule has 0 aromatic heterocycles. The highest BCUT2D eigenvalue weighted by Gasteiger charge is 2.42. The number of rotatable bonds is 9. The number of amides is 1. The molecular formula is C25H29BrN2O4. The van der Waals surface area contributed by atoms with Crippen LogP contribution in [0.5, 0.6) is 5.75 Å². The topological polar surface area (TPSA) is 79.2 Å². The lowest BCUT2D eigenvalue weighted by Gasteiger charge is -2.21. The first kappa shape index (κ1) is 24.0. The van der Waals surface area contributed by atoms with E-state index in [1.54, 1.807) is 17.1 Å². The van der Waals surface area contributed by atoms with Crippen molar-refractivity contribution >= 4 is 33.5 Å². The summed E-state index contributed by atoms with van der Waals surface area (Å²) in [5.74, 6) is -0.458. The molecule has 0 saturated heterocycles. The molecule has 2 aromatic carbocycles. The Labute approximate surface area is 197 Å². The summed E-state index contributed by atoms with van der Waals surface area (Å²) in [5, 5.41) is 15.4. The average molecular weight is 501 g/mol. The van der Waals surface area contributed by atoms with Crippen LogP contribution in [0.3, 0.4) is 0 Å². The Morgan fingerprint density at radius 3 is 2.25 bits per heavy atom.